The molecule has 1 aromatic heterocycles. The van der Waals surface area contributed by atoms with E-state index in [4.69, 9.17) is 4.99 Å². The lowest BCUT2D eigenvalue weighted by atomic mass is 9.82. The minimum absolute atomic E-state index is 0. The molecule has 5 nitrogen and oxygen atoms in total. The van der Waals surface area contributed by atoms with Crippen LogP contribution in [0.2, 0.25) is 0 Å². The summed E-state index contributed by atoms with van der Waals surface area (Å²) < 4.78 is 1.77. The Morgan fingerprint density at radius 2 is 1.90 bits per heavy atom. The first kappa shape index (κ1) is 24.4. The SMILES string of the molecule is CCNC(=NCCCCn1ccccc1=O)N1CCC(c2ccccc2)C(C)C1.I. The number of nitrogens with zero attached hydrogens (tertiary/aromatic N) is 3. The molecule has 2 unspecified atom stereocenters. The molecule has 1 saturated heterocycles. The largest absolute Gasteiger partial charge is 0.357 e. The minimum atomic E-state index is 0. The Balaban J connectivity index is 0.00000320. The molecule has 2 atom stereocenters. The van der Waals surface area contributed by atoms with Crippen LogP contribution in [0.25, 0.3) is 0 Å². The normalized spacial score (nSPS) is 19.3. The van der Waals surface area contributed by atoms with Crippen LogP contribution in [0.4, 0.5) is 0 Å². The molecule has 1 aliphatic heterocycles. The van der Waals surface area contributed by atoms with E-state index in [2.05, 4.69) is 54.4 Å². The molecule has 164 valence electrons. The third-order valence-corrected chi connectivity index (χ3v) is 5.74. The Morgan fingerprint density at radius 1 is 1.13 bits per heavy atom. The summed E-state index contributed by atoms with van der Waals surface area (Å²) in [4.78, 5) is 19.0. The highest BCUT2D eigenvalue weighted by molar-refractivity contribution is 14.0. The lowest BCUT2D eigenvalue weighted by molar-refractivity contribution is 0.234. The zero-order valence-electron chi connectivity index (χ0n) is 18.2. The van der Waals surface area contributed by atoms with Gasteiger partial charge in [-0.1, -0.05) is 43.3 Å². The quantitative estimate of drug-likeness (QED) is 0.255. The average molecular weight is 522 g/mol. The summed E-state index contributed by atoms with van der Waals surface area (Å²) in [7, 11) is 0. The van der Waals surface area contributed by atoms with E-state index in [0.29, 0.717) is 11.8 Å². The van der Waals surface area contributed by atoms with Crippen molar-refractivity contribution in [3.05, 3.63) is 70.6 Å². The number of halogens is 1. The standard InChI is InChI=1S/C24H34N4O.HI/c1-3-25-24(26-15-8-10-17-27-16-9-7-13-23(27)29)28-18-14-22(20(2)19-28)21-11-5-4-6-12-21;/h4-7,9,11-13,16,20,22H,3,8,10,14-15,17-19H2,1-2H3,(H,25,26);1H. The van der Waals surface area contributed by atoms with E-state index in [1.165, 1.54) is 5.56 Å². The van der Waals surface area contributed by atoms with Gasteiger partial charge in [0.2, 0.25) is 5.56 Å². The van der Waals surface area contributed by atoms with E-state index in [1.807, 2.05) is 12.3 Å². The number of likely N-dealkylation sites (tertiary alicyclic amines) is 1. The van der Waals surface area contributed by atoms with Crippen LogP contribution in [0.5, 0.6) is 0 Å². The van der Waals surface area contributed by atoms with Crippen LogP contribution in [-0.2, 0) is 6.54 Å². The van der Waals surface area contributed by atoms with E-state index in [0.717, 1.165) is 57.9 Å². The van der Waals surface area contributed by atoms with Gasteiger partial charge in [0, 0.05) is 45.0 Å². The number of unbranched alkanes of at least 4 members (excludes halogenated alkanes) is 1. The molecule has 3 rings (SSSR count). The molecule has 30 heavy (non-hydrogen) atoms. The van der Waals surface area contributed by atoms with Gasteiger partial charge < -0.3 is 14.8 Å². The summed E-state index contributed by atoms with van der Waals surface area (Å²) in [5, 5.41) is 3.47. The molecule has 1 aliphatic rings. The number of benzene rings is 1. The maximum atomic E-state index is 11.8. The number of pyridine rings is 1. The third kappa shape index (κ3) is 6.86. The highest BCUT2D eigenvalue weighted by Gasteiger charge is 2.28. The summed E-state index contributed by atoms with van der Waals surface area (Å²) in [6.07, 6.45) is 4.95. The number of nitrogens with one attached hydrogen (secondary N) is 1. The third-order valence-electron chi connectivity index (χ3n) is 5.74. The van der Waals surface area contributed by atoms with Gasteiger partial charge in [-0.15, -0.1) is 24.0 Å². The minimum Gasteiger partial charge on any atom is -0.357 e. The molecule has 0 saturated carbocycles. The summed E-state index contributed by atoms with van der Waals surface area (Å²) in [6, 6.07) is 16.2. The molecule has 0 spiro atoms. The zero-order valence-corrected chi connectivity index (χ0v) is 20.5. The predicted octanol–water partition coefficient (Wildman–Crippen LogP) is 4.34. The first-order chi connectivity index (χ1) is 14.2. The molecule has 0 amide bonds. The summed E-state index contributed by atoms with van der Waals surface area (Å²) in [6.45, 7) is 8.97. The fourth-order valence-corrected chi connectivity index (χ4v) is 4.18. The number of aryl methyl sites for hydroxylation is 1. The van der Waals surface area contributed by atoms with Crippen molar-refractivity contribution in [1.29, 1.82) is 0 Å². The first-order valence-corrected chi connectivity index (χ1v) is 10.9. The molecule has 6 heteroatoms. The number of rotatable bonds is 7. The van der Waals surface area contributed by atoms with Crippen molar-refractivity contribution in [2.45, 2.75) is 45.6 Å². The van der Waals surface area contributed by atoms with Crippen molar-refractivity contribution in [3.63, 3.8) is 0 Å². The number of aliphatic imine (C=N–C) groups is 1. The van der Waals surface area contributed by atoms with Crippen molar-refractivity contribution < 1.29 is 0 Å². The Hall–Kier alpha value is -1.83. The second kappa shape index (κ2) is 12.8. The van der Waals surface area contributed by atoms with Crippen LogP contribution in [0.1, 0.15) is 44.6 Å². The molecule has 2 heterocycles. The fraction of sp³-hybridized carbons (Fsp3) is 0.500. The van der Waals surface area contributed by atoms with Crippen LogP contribution in [0, 0.1) is 5.92 Å². The van der Waals surface area contributed by atoms with Gasteiger partial charge in [0.25, 0.3) is 0 Å². The monoisotopic (exact) mass is 522 g/mol. The zero-order chi connectivity index (χ0) is 20.5. The van der Waals surface area contributed by atoms with Crippen molar-refractivity contribution in [3.8, 4) is 0 Å². The number of hydrogen-bond acceptors (Lipinski definition) is 2. The van der Waals surface area contributed by atoms with E-state index in [9.17, 15) is 4.79 Å². The summed E-state index contributed by atoms with van der Waals surface area (Å²) >= 11 is 0. The highest BCUT2D eigenvalue weighted by Crippen LogP contribution is 2.32. The Morgan fingerprint density at radius 3 is 2.60 bits per heavy atom. The Kier molecular flexibility index (Phi) is 10.4. The topological polar surface area (TPSA) is 49.6 Å². The lowest BCUT2D eigenvalue weighted by Gasteiger charge is -2.39. The van der Waals surface area contributed by atoms with Crippen LogP contribution >= 0.6 is 24.0 Å². The number of hydrogen-bond donors (Lipinski definition) is 1. The molecule has 0 bridgehead atoms. The lowest BCUT2D eigenvalue weighted by Crippen LogP contribution is -2.48. The summed E-state index contributed by atoms with van der Waals surface area (Å²) in [5.74, 6) is 2.25. The van der Waals surface area contributed by atoms with Gasteiger partial charge in [-0.25, -0.2) is 0 Å². The van der Waals surface area contributed by atoms with Crippen molar-refractivity contribution >= 4 is 29.9 Å². The predicted molar refractivity (Wildman–Crippen MR) is 136 cm³/mol. The molecule has 0 radical (unpaired) electrons. The molecule has 1 fully saturated rings. The highest BCUT2D eigenvalue weighted by atomic mass is 127. The average Bonchev–Trinajstić information content (AvgIpc) is 2.74. The molecular weight excluding hydrogens is 487 g/mol. The fourth-order valence-electron chi connectivity index (χ4n) is 4.18. The van der Waals surface area contributed by atoms with E-state index in [-0.39, 0.29) is 29.5 Å². The van der Waals surface area contributed by atoms with Gasteiger partial charge in [-0.3, -0.25) is 9.79 Å². The van der Waals surface area contributed by atoms with E-state index >= 15 is 0 Å². The van der Waals surface area contributed by atoms with E-state index in [1.54, 1.807) is 16.7 Å². The second-order valence-corrected chi connectivity index (χ2v) is 7.90. The number of piperidine rings is 1. The van der Waals surface area contributed by atoms with Crippen LogP contribution in [-0.4, -0.2) is 41.6 Å². The van der Waals surface area contributed by atoms with Crippen LogP contribution < -0.4 is 10.9 Å². The van der Waals surface area contributed by atoms with Gasteiger partial charge in [-0.2, -0.15) is 0 Å². The smallest absolute Gasteiger partial charge is 0.250 e. The maximum Gasteiger partial charge on any atom is 0.250 e. The van der Waals surface area contributed by atoms with Crippen molar-refractivity contribution in [1.82, 2.24) is 14.8 Å². The molecule has 1 aromatic carbocycles. The summed E-state index contributed by atoms with van der Waals surface area (Å²) in [5.41, 5.74) is 1.53. The Labute approximate surface area is 197 Å². The maximum absolute atomic E-state index is 11.8. The number of aromatic nitrogens is 1. The molecular formula is C24H35IN4O. The second-order valence-electron chi connectivity index (χ2n) is 7.90. The van der Waals surface area contributed by atoms with Crippen LogP contribution in [0.3, 0.4) is 0 Å². The van der Waals surface area contributed by atoms with Crippen molar-refractivity contribution in [2.75, 3.05) is 26.2 Å². The van der Waals surface area contributed by atoms with Crippen LogP contribution in [0.15, 0.2) is 64.5 Å². The van der Waals surface area contributed by atoms with E-state index < -0.39 is 0 Å². The van der Waals surface area contributed by atoms with Gasteiger partial charge in [0.1, 0.15) is 0 Å². The molecule has 1 N–H and O–H groups in total. The molecule has 0 aliphatic carbocycles. The van der Waals surface area contributed by atoms with Gasteiger partial charge in [0.05, 0.1) is 0 Å². The molecule has 2 aromatic rings. The Bertz CT molecular complexity index is 836. The number of guanidine groups is 1. The van der Waals surface area contributed by atoms with Crippen molar-refractivity contribution in [2.24, 2.45) is 10.9 Å². The first-order valence-electron chi connectivity index (χ1n) is 10.9. The van der Waals surface area contributed by atoms with Gasteiger partial charge in [-0.05, 0) is 49.7 Å². The van der Waals surface area contributed by atoms with Gasteiger partial charge in [0.15, 0.2) is 5.96 Å². The van der Waals surface area contributed by atoms with Gasteiger partial charge >= 0.3 is 0 Å².